The zero-order valence-electron chi connectivity index (χ0n) is 14.9. The molecule has 26 heavy (non-hydrogen) atoms. The van der Waals surface area contributed by atoms with Crippen LogP contribution in [-0.2, 0) is 21.1 Å². The third kappa shape index (κ3) is 4.21. The largest absolute Gasteiger partial charge is 0.341 e. The highest BCUT2D eigenvalue weighted by molar-refractivity contribution is 7.92. The van der Waals surface area contributed by atoms with Crippen molar-refractivity contribution in [2.75, 3.05) is 32.4 Å². The van der Waals surface area contributed by atoms with Gasteiger partial charge in [-0.1, -0.05) is 12.1 Å². The first kappa shape index (κ1) is 21.1. The van der Waals surface area contributed by atoms with Crippen LogP contribution in [0.5, 0.6) is 0 Å². The second-order valence-corrected chi connectivity index (χ2v) is 9.58. The number of rotatable bonds is 4. The summed E-state index contributed by atoms with van der Waals surface area (Å²) < 4.78 is 36.5. The minimum Gasteiger partial charge on any atom is -0.341 e. The Morgan fingerprint density at radius 1 is 1.27 bits per heavy atom. The Hall–Kier alpha value is -1.18. The second-order valence-electron chi connectivity index (χ2n) is 7.25. The van der Waals surface area contributed by atoms with Crippen molar-refractivity contribution < 1.29 is 17.6 Å². The van der Waals surface area contributed by atoms with Crippen LogP contribution in [0, 0.1) is 11.7 Å². The molecule has 0 spiro atoms. The molecule has 1 atom stereocenters. The highest BCUT2D eigenvalue weighted by Crippen LogP contribution is 2.32. The molecule has 1 unspecified atom stereocenters. The van der Waals surface area contributed by atoms with Crippen molar-refractivity contribution in [1.82, 2.24) is 10.2 Å². The first-order valence-corrected chi connectivity index (χ1v) is 10.7. The fourth-order valence-corrected chi connectivity index (χ4v) is 5.39. The van der Waals surface area contributed by atoms with Gasteiger partial charge in [-0.3, -0.25) is 4.79 Å². The molecule has 2 saturated heterocycles. The SMILES string of the molecule is CS(=O)(=O)C1(C(=O)N2CCC(Cc3ccc(F)cc3)C2)CCNCC1.Cl. The van der Waals surface area contributed by atoms with Gasteiger partial charge in [0.1, 0.15) is 5.82 Å². The molecular weight excluding hydrogens is 379 g/mol. The maximum Gasteiger partial charge on any atom is 0.244 e. The molecule has 1 aromatic carbocycles. The van der Waals surface area contributed by atoms with Gasteiger partial charge < -0.3 is 10.2 Å². The summed E-state index contributed by atoms with van der Waals surface area (Å²) in [6.45, 7) is 2.26. The van der Waals surface area contributed by atoms with Crippen molar-refractivity contribution >= 4 is 28.2 Å². The second kappa shape index (κ2) is 8.23. The Balaban J connectivity index is 0.00000243. The normalized spacial score (nSPS) is 22.7. The molecule has 0 aromatic heterocycles. The van der Waals surface area contributed by atoms with Crippen LogP contribution in [0.3, 0.4) is 0 Å². The number of nitrogens with zero attached hydrogens (tertiary/aromatic N) is 1. The number of carbonyl (C=O) groups is 1. The lowest BCUT2D eigenvalue weighted by Gasteiger charge is -2.37. The van der Waals surface area contributed by atoms with E-state index in [1.807, 2.05) is 0 Å². The van der Waals surface area contributed by atoms with Crippen molar-refractivity contribution in [2.45, 2.75) is 30.4 Å². The van der Waals surface area contributed by atoms with Crippen LogP contribution < -0.4 is 5.32 Å². The summed E-state index contributed by atoms with van der Waals surface area (Å²) in [5.74, 6) is -0.209. The average molecular weight is 405 g/mol. The van der Waals surface area contributed by atoms with E-state index in [0.29, 0.717) is 39.0 Å². The Labute approximate surface area is 160 Å². The van der Waals surface area contributed by atoms with E-state index in [1.165, 1.54) is 18.4 Å². The van der Waals surface area contributed by atoms with E-state index >= 15 is 0 Å². The van der Waals surface area contributed by atoms with E-state index in [2.05, 4.69) is 5.32 Å². The molecule has 0 aliphatic carbocycles. The van der Waals surface area contributed by atoms with E-state index in [0.717, 1.165) is 18.4 Å². The Morgan fingerprint density at radius 2 is 1.88 bits per heavy atom. The van der Waals surface area contributed by atoms with Gasteiger partial charge in [-0.2, -0.15) is 0 Å². The highest BCUT2D eigenvalue weighted by atomic mass is 35.5. The molecule has 146 valence electrons. The minimum atomic E-state index is -3.48. The monoisotopic (exact) mass is 404 g/mol. The quantitative estimate of drug-likeness (QED) is 0.831. The lowest BCUT2D eigenvalue weighted by Crippen LogP contribution is -2.57. The van der Waals surface area contributed by atoms with E-state index in [4.69, 9.17) is 0 Å². The lowest BCUT2D eigenvalue weighted by atomic mass is 9.95. The van der Waals surface area contributed by atoms with Gasteiger partial charge in [-0.15, -0.1) is 12.4 Å². The summed E-state index contributed by atoms with van der Waals surface area (Å²) in [5.41, 5.74) is 1.04. The van der Waals surface area contributed by atoms with Crippen LogP contribution in [0.15, 0.2) is 24.3 Å². The van der Waals surface area contributed by atoms with Gasteiger partial charge in [-0.05, 0) is 62.4 Å². The number of likely N-dealkylation sites (tertiary alicyclic amines) is 1. The fraction of sp³-hybridized carbons (Fsp3) is 0.611. The van der Waals surface area contributed by atoms with Crippen molar-refractivity contribution in [2.24, 2.45) is 5.92 Å². The van der Waals surface area contributed by atoms with Crippen LogP contribution >= 0.6 is 12.4 Å². The van der Waals surface area contributed by atoms with Crippen LogP contribution in [0.2, 0.25) is 0 Å². The molecule has 3 rings (SSSR count). The number of piperidine rings is 1. The lowest BCUT2D eigenvalue weighted by molar-refractivity contribution is -0.133. The number of nitrogens with one attached hydrogen (secondary N) is 1. The average Bonchev–Trinajstić information content (AvgIpc) is 3.04. The number of carbonyl (C=O) groups excluding carboxylic acids is 1. The molecule has 0 radical (unpaired) electrons. The summed E-state index contributed by atoms with van der Waals surface area (Å²) in [5, 5.41) is 3.14. The molecule has 5 nitrogen and oxygen atoms in total. The highest BCUT2D eigenvalue weighted by Gasteiger charge is 2.51. The molecule has 1 amide bonds. The first-order chi connectivity index (χ1) is 11.8. The Kier molecular flexibility index (Phi) is 6.69. The molecule has 2 fully saturated rings. The number of sulfone groups is 1. The third-order valence-electron chi connectivity index (χ3n) is 5.52. The molecular formula is C18H26ClFN2O3S. The van der Waals surface area contributed by atoms with E-state index in [-0.39, 0.29) is 30.0 Å². The molecule has 1 aromatic rings. The van der Waals surface area contributed by atoms with Crippen molar-refractivity contribution in [1.29, 1.82) is 0 Å². The first-order valence-electron chi connectivity index (χ1n) is 8.76. The van der Waals surface area contributed by atoms with Gasteiger partial charge in [0.05, 0.1) is 0 Å². The molecule has 2 heterocycles. The van der Waals surface area contributed by atoms with E-state index < -0.39 is 14.6 Å². The number of hydrogen-bond acceptors (Lipinski definition) is 4. The van der Waals surface area contributed by atoms with Gasteiger partial charge in [-0.25, -0.2) is 12.8 Å². The van der Waals surface area contributed by atoms with Crippen molar-refractivity contribution in [3.8, 4) is 0 Å². The summed E-state index contributed by atoms with van der Waals surface area (Å²) >= 11 is 0. The molecule has 1 N–H and O–H groups in total. The van der Waals surface area contributed by atoms with Gasteiger partial charge in [0.15, 0.2) is 14.6 Å². The Morgan fingerprint density at radius 3 is 2.46 bits per heavy atom. The van der Waals surface area contributed by atoms with Crippen molar-refractivity contribution in [3.63, 3.8) is 0 Å². The topological polar surface area (TPSA) is 66.5 Å². The van der Waals surface area contributed by atoms with E-state index in [1.54, 1.807) is 17.0 Å². The zero-order chi connectivity index (χ0) is 18.1. The Bertz CT molecular complexity index is 733. The molecule has 2 aliphatic heterocycles. The van der Waals surface area contributed by atoms with Crippen LogP contribution in [0.25, 0.3) is 0 Å². The minimum absolute atomic E-state index is 0. The van der Waals surface area contributed by atoms with Gasteiger partial charge in [0.2, 0.25) is 5.91 Å². The van der Waals surface area contributed by atoms with Gasteiger partial charge >= 0.3 is 0 Å². The standard InChI is InChI=1S/C18H25FN2O3S.ClH/c1-25(23,24)18(7-9-20-10-8-18)17(22)21-11-6-15(13-21)12-14-2-4-16(19)5-3-14;/h2-5,15,20H,6-13H2,1H3;1H. The number of hydrogen-bond donors (Lipinski definition) is 1. The van der Waals surface area contributed by atoms with Crippen LogP contribution in [0.4, 0.5) is 4.39 Å². The maximum absolute atomic E-state index is 13.1. The maximum atomic E-state index is 13.1. The predicted octanol–water partition coefficient (Wildman–Crippen LogP) is 1.81. The molecule has 0 bridgehead atoms. The number of halogens is 2. The molecule has 8 heteroatoms. The summed E-state index contributed by atoms with van der Waals surface area (Å²) in [4.78, 5) is 14.8. The summed E-state index contributed by atoms with van der Waals surface area (Å²) in [6.07, 6.45) is 3.48. The molecule has 2 aliphatic rings. The summed E-state index contributed by atoms with van der Waals surface area (Å²) in [6, 6.07) is 6.43. The summed E-state index contributed by atoms with van der Waals surface area (Å²) in [7, 11) is -3.48. The molecule has 0 saturated carbocycles. The van der Waals surface area contributed by atoms with Gasteiger partial charge in [0.25, 0.3) is 0 Å². The van der Waals surface area contributed by atoms with E-state index in [9.17, 15) is 17.6 Å². The predicted molar refractivity (Wildman–Crippen MR) is 102 cm³/mol. The smallest absolute Gasteiger partial charge is 0.244 e. The third-order valence-corrected chi connectivity index (χ3v) is 7.52. The van der Waals surface area contributed by atoms with Crippen LogP contribution in [-0.4, -0.2) is 56.4 Å². The number of amides is 1. The fourth-order valence-electron chi connectivity index (χ4n) is 4.00. The van der Waals surface area contributed by atoms with Crippen molar-refractivity contribution in [3.05, 3.63) is 35.6 Å². The van der Waals surface area contributed by atoms with Crippen LogP contribution in [0.1, 0.15) is 24.8 Å². The number of benzene rings is 1. The van der Waals surface area contributed by atoms with Gasteiger partial charge in [0, 0.05) is 19.3 Å². The zero-order valence-corrected chi connectivity index (χ0v) is 16.5.